The summed E-state index contributed by atoms with van der Waals surface area (Å²) in [5.41, 5.74) is 0. The summed E-state index contributed by atoms with van der Waals surface area (Å²) in [6.45, 7) is 3.37. The molecule has 0 aromatic carbocycles. The predicted molar refractivity (Wildman–Crippen MR) is 58.3 cm³/mol. The molecule has 1 fully saturated rings. The van der Waals surface area contributed by atoms with Crippen molar-refractivity contribution in [1.29, 1.82) is 0 Å². The van der Waals surface area contributed by atoms with E-state index < -0.39 is 16.0 Å². The summed E-state index contributed by atoms with van der Waals surface area (Å²) < 4.78 is 31.2. The molecule has 2 N–H and O–H groups in total. The first-order chi connectivity index (χ1) is 7.81. The predicted octanol–water partition coefficient (Wildman–Crippen LogP) is 0.973. The molecular formula is C10H13NO5S. The largest absolute Gasteiger partial charge is 0.475 e. The van der Waals surface area contributed by atoms with Crippen molar-refractivity contribution in [1.82, 2.24) is 4.72 Å². The normalized spacial score (nSPS) is 23.6. The van der Waals surface area contributed by atoms with Gasteiger partial charge in [0.2, 0.25) is 15.8 Å². The summed E-state index contributed by atoms with van der Waals surface area (Å²) in [6.07, 6.45) is 0.807. The van der Waals surface area contributed by atoms with Crippen LogP contribution in [0.15, 0.2) is 15.4 Å². The number of hydrogen-bond acceptors (Lipinski definition) is 4. The van der Waals surface area contributed by atoms with Crippen LogP contribution in [0.4, 0.5) is 0 Å². The van der Waals surface area contributed by atoms with Gasteiger partial charge in [-0.15, -0.1) is 0 Å². The second-order valence-electron chi connectivity index (χ2n) is 4.28. The monoisotopic (exact) mass is 259 g/mol. The van der Waals surface area contributed by atoms with Gasteiger partial charge in [0.15, 0.2) is 0 Å². The van der Waals surface area contributed by atoms with E-state index in [1.807, 2.05) is 6.92 Å². The van der Waals surface area contributed by atoms with Crippen molar-refractivity contribution in [2.24, 2.45) is 5.92 Å². The molecule has 17 heavy (non-hydrogen) atoms. The lowest BCUT2D eigenvalue weighted by atomic mass is 10.4. The highest BCUT2D eigenvalue weighted by atomic mass is 32.2. The maximum Gasteiger partial charge on any atom is 0.371 e. The number of carboxylic acid groups (broad SMARTS) is 1. The van der Waals surface area contributed by atoms with Gasteiger partial charge in [0, 0.05) is 12.1 Å². The van der Waals surface area contributed by atoms with Crippen LogP contribution in [0.2, 0.25) is 0 Å². The number of aromatic carboxylic acids is 1. The first-order valence-electron chi connectivity index (χ1n) is 5.17. The van der Waals surface area contributed by atoms with Crippen molar-refractivity contribution in [3.05, 3.63) is 17.6 Å². The third kappa shape index (κ3) is 2.34. The number of sulfonamides is 1. The van der Waals surface area contributed by atoms with Crippen LogP contribution in [-0.4, -0.2) is 25.5 Å². The minimum atomic E-state index is -3.68. The molecule has 0 bridgehead atoms. The molecule has 2 atom stereocenters. The van der Waals surface area contributed by atoms with E-state index in [0.717, 1.165) is 12.5 Å². The molecule has 94 valence electrons. The zero-order valence-corrected chi connectivity index (χ0v) is 10.2. The van der Waals surface area contributed by atoms with E-state index in [4.69, 9.17) is 9.52 Å². The number of furan rings is 1. The first kappa shape index (κ1) is 12.1. The highest BCUT2D eigenvalue weighted by molar-refractivity contribution is 7.89. The number of carboxylic acids is 1. The Morgan fingerprint density at radius 3 is 2.59 bits per heavy atom. The maximum absolute atomic E-state index is 11.9. The maximum atomic E-state index is 11.9. The fourth-order valence-electron chi connectivity index (χ4n) is 1.59. The highest BCUT2D eigenvalue weighted by Crippen LogP contribution is 2.31. The van der Waals surface area contributed by atoms with Gasteiger partial charge in [0.05, 0.1) is 0 Å². The smallest absolute Gasteiger partial charge is 0.371 e. The topological polar surface area (TPSA) is 96.6 Å². The van der Waals surface area contributed by atoms with Crippen LogP contribution in [0.3, 0.4) is 0 Å². The average Bonchev–Trinajstić information content (AvgIpc) is 2.74. The Labute approximate surface area is 98.7 Å². The molecule has 1 aromatic rings. The van der Waals surface area contributed by atoms with Crippen LogP contribution in [0, 0.1) is 12.8 Å². The second-order valence-corrected chi connectivity index (χ2v) is 5.96. The van der Waals surface area contributed by atoms with E-state index in [-0.39, 0.29) is 22.5 Å². The van der Waals surface area contributed by atoms with Gasteiger partial charge in [0.25, 0.3) is 0 Å². The van der Waals surface area contributed by atoms with Gasteiger partial charge in [-0.3, -0.25) is 0 Å². The van der Waals surface area contributed by atoms with Crippen LogP contribution in [0.5, 0.6) is 0 Å². The van der Waals surface area contributed by atoms with Crippen molar-refractivity contribution in [2.75, 3.05) is 0 Å². The van der Waals surface area contributed by atoms with E-state index in [1.54, 1.807) is 0 Å². The highest BCUT2D eigenvalue weighted by Gasteiger charge is 2.37. The van der Waals surface area contributed by atoms with Crippen LogP contribution in [-0.2, 0) is 10.0 Å². The van der Waals surface area contributed by atoms with Crippen molar-refractivity contribution in [2.45, 2.75) is 31.2 Å². The zero-order valence-electron chi connectivity index (χ0n) is 9.43. The van der Waals surface area contributed by atoms with Crippen LogP contribution in [0.1, 0.15) is 29.7 Å². The Morgan fingerprint density at radius 1 is 1.59 bits per heavy atom. The molecule has 1 aliphatic carbocycles. The van der Waals surface area contributed by atoms with E-state index in [9.17, 15) is 13.2 Å². The second kappa shape index (κ2) is 3.85. The zero-order chi connectivity index (χ0) is 12.8. The van der Waals surface area contributed by atoms with Gasteiger partial charge in [0.1, 0.15) is 10.7 Å². The average molecular weight is 259 g/mol. The Balaban J connectivity index is 2.29. The quantitative estimate of drug-likeness (QED) is 0.839. The molecule has 0 radical (unpaired) electrons. The summed E-state index contributed by atoms with van der Waals surface area (Å²) in [6, 6.07) is 0.982. The number of rotatable bonds is 4. The molecule has 0 spiro atoms. The van der Waals surface area contributed by atoms with Crippen molar-refractivity contribution < 1.29 is 22.7 Å². The lowest BCUT2D eigenvalue weighted by Crippen LogP contribution is -2.27. The number of hydrogen-bond donors (Lipinski definition) is 2. The molecule has 2 unspecified atom stereocenters. The van der Waals surface area contributed by atoms with Crippen molar-refractivity contribution in [3.8, 4) is 0 Å². The fourth-order valence-corrected chi connectivity index (χ4v) is 3.12. The van der Waals surface area contributed by atoms with E-state index >= 15 is 0 Å². The van der Waals surface area contributed by atoms with Crippen LogP contribution < -0.4 is 4.72 Å². The molecule has 1 aromatic heterocycles. The van der Waals surface area contributed by atoms with Gasteiger partial charge in [-0.05, 0) is 19.3 Å². The van der Waals surface area contributed by atoms with Crippen LogP contribution >= 0.6 is 0 Å². The minimum Gasteiger partial charge on any atom is -0.475 e. The Hall–Kier alpha value is -1.34. The van der Waals surface area contributed by atoms with Gasteiger partial charge < -0.3 is 9.52 Å². The number of carbonyl (C=O) groups is 1. The third-order valence-electron chi connectivity index (χ3n) is 2.79. The molecular weight excluding hydrogens is 246 g/mol. The summed E-state index contributed by atoms with van der Waals surface area (Å²) in [5, 5.41) is 8.72. The fraction of sp³-hybridized carbons (Fsp3) is 0.500. The summed E-state index contributed by atoms with van der Waals surface area (Å²) >= 11 is 0. The minimum absolute atomic E-state index is 0.0532. The molecule has 0 saturated heterocycles. The lowest BCUT2D eigenvalue weighted by Gasteiger charge is -2.03. The summed E-state index contributed by atoms with van der Waals surface area (Å²) in [4.78, 5) is 10.6. The van der Waals surface area contributed by atoms with Gasteiger partial charge in [-0.2, -0.15) is 0 Å². The molecule has 6 nitrogen and oxygen atoms in total. The SMILES string of the molecule is Cc1oc(C(=O)O)cc1S(=O)(=O)NC1CC1C. The van der Waals surface area contributed by atoms with E-state index in [2.05, 4.69) is 4.72 Å². The summed E-state index contributed by atoms with van der Waals surface area (Å²) in [7, 11) is -3.68. The molecule has 1 aliphatic rings. The molecule has 2 rings (SSSR count). The Bertz CT molecular complexity index is 559. The van der Waals surface area contributed by atoms with Crippen LogP contribution in [0.25, 0.3) is 0 Å². The lowest BCUT2D eigenvalue weighted by molar-refractivity contribution is 0.0661. The molecule has 0 aliphatic heterocycles. The third-order valence-corrected chi connectivity index (χ3v) is 4.39. The van der Waals surface area contributed by atoms with Gasteiger partial charge >= 0.3 is 5.97 Å². The van der Waals surface area contributed by atoms with Gasteiger partial charge in [-0.1, -0.05) is 6.92 Å². The summed E-state index contributed by atoms with van der Waals surface area (Å²) in [5.74, 6) is -1.24. The van der Waals surface area contributed by atoms with Gasteiger partial charge in [-0.25, -0.2) is 17.9 Å². The molecule has 1 heterocycles. The molecule has 0 amide bonds. The standard InChI is InChI=1S/C10H13NO5S/c1-5-3-7(5)11-17(14,15)9-4-8(10(12)13)16-6(9)2/h4-5,7,11H,3H2,1-2H3,(H,12,13). The van der Waals surface area contributed by atoms with E-state index in [1.165, 1.54) is 6.92 Å². The molecule has 7 heteroatoms. The number of nitrogens with one attached hydrogen (secondary N) is 1. The van der Waals surface area contributed by atoms with Crippen molar-refractivity contribution >= 4 is 16.0 Å². The molecule has 1 saturated carbocycles. The number of aryl methyl sites for hydroxylation is 1. The Morgan fingerprint density at radius 2 is 2.18 bits per heavy atom. The Kier molecular flexibility index (Phi) is 2.75. The van der Waals surface area contributed by atoms with Crippen molar-refractivity contribution in [3.63, 3.8) is 0 Å². The first-order valence-corrected chi connectivity index (χ1v) is 6.65. The van der Waals surface area contributed by atoms with E-state index in [0.29, 0.717) is 5.92 Å².